The van der Waals surface area contributed by atoms with Gasteiger partial charge in [-0.1, -0.05) is 54.6 Å². The van der Waals surface area contributed by atoms with E-state index >= 15 is 0 Å². The van der Waals surface area contributed by atoms with E-state index in [9.17, 15) is 0 Å². The number of nitrogens with one attached hydrogen (secondary N) is 1. The molecule has 0 bridgehead atoms. The van der Waals surface area contributed by atoms with Crippen LogP contribution in [0.5, 0.6) is 5.75 Å². The number of ether oxygens (including phenoxy) is 1. The van der Waals surface area contributed by atoms with Gasteiger partial charge in [0.15, 0.2) is 5.96 Å². The number of hydrogen-bond acceptors (Lipinski definition) is 4. The molecule has 3 aromatic rings. The molecule has 150 valence electrons. The second-order valence-electron chi connectivity index (χ2n) is 5.93. The maximum Gasteiger partial charge on any atom is 0.300 e. The van der Waals surface area contributed by atoms with Crippen LogP contribution in [0.4, 0.5) is 5.82 Å². The molecule has 0 aliphatic rings. The summed E-state index contributed by atoms with van der Waals surface area (Å²) in [7, 11) is 1.64. The molecular formula is C22H24N4O3. The maximum absolute atomic E-state index is 9.00. The van der Waals surface area contributed by atoms with Crippen molar-refractivity contribution in [2.45, 2.75) is 13.5 Å². The van der Waals surface area contributed by atoms with Crippen LogP contribution in [0, 0.1) is 0 Å². The number of carboxylic acid groups (broad SMARTS) is 1. The number of para-hydroxylation sites is 1. The summed E-state index contributed by atoms with van der Waals surface area (Å²) in [5.74, 6) is 0.925. The van der Waals surface area contributed by atoms with Crippen LogP contribution < -0.4 is 15.8 Å². The highest BCUT2D eigenvalue weighted by molar-refractivity contribution is 5.91. The predicted octanol–water partition coefficient (Wildman–Crippen LogP) is 3.77. The summed E-state index contributed by atoms with van der Waals surface area (Å²) in [5.41, 5.74) is 8.89. The van der Waals surface area contributed by atoms with Gasteiger partial charge in [-0.2, -0.15) is 0 Å². The lowest BCUT2D eigenvalue weighted by Crippen LogP contribution is -2.23. The number of pyridine rings is 1. The number of aliphatic carboxylic acids is 1. The maximum atomic E-state index is 9.00. The smallest absolute Gasteiger partial charge is 0.300 e. The number of benzene rings is 2. The Kier molecular flexibility index (Phi) is 8.19. The Morgan fingerprint density at radius 1 is 1.07 bits per heavy atom. The Morgan fingerprint density at radius 2 is 1.72 bits per heavy atom. The van der Waals surface area contributed by atoms with E-state index in [1.807, 2.05) is 72.8 Å². The fourth-order valence-electron chi connectivity index (χ4n) is 2.45. The lowest BCUT2D eigenvalue weighted by molar-refractivity contribution is -0.134. The summed E-state index contributed by atoms with van der Waals surface area (Å²) in [6, 6.07) is 23.5. The van der Waals surface area contributed by atoms with E-state index in [0.717, 1.165) is 29.5 Å². The molecule has 0 saturated carbocycles. The molecule has 1 aromatic heterocycles. The molecule has 0 spiro atoms. The Balaban J connectivity index is 0.000000687. The van der Waals surface area contributed by atoms with Crippen LogP contribution >= 0.6 is 0 Å². The highest BCUT2D eigenvalue weighted by Crippen LogP contribution is 2.19. The number of carbonyl (C=O) groups is 1. The molecule has 0 radical (unpaired) electrons. The fraction of sp³-hybridized carbons (Fsp3) is 0.136. The summed E-state index contributed by atoms with van der Waals surface area (Å²) in [4.78, 5) is 17.9. The first-order valence-electron chi connectivity index (χ1n) is 8.90. The number of guanidine groups is 1. The summed E-state index contributed by atoms with van der Waals surface area (Å²) in [6.07, 6.45) is 0. The third-order valence-electron chi connectivity index (χ3n) is 3.69. The molecule has 4 N–H and O–H groups in total. The largest absolute Gasteiger partial charge is 0.496 e. The van der Waals surface area contributed by atoms with Crippen molar-refractivity contribution in [3.63, 3.8) is 0 Å². The van der Waals surface area contributed by atoms with Crippen molar-refractivity contribution in [1.29, 1.82) is 0 Å². The molecule has 0 aliphatic carbocycles. The number of nitrogens with two attached hydrogens (primary N) is 1. The Labute approximate surface area is 169 Å². The van der Waals surface area contributed by atoms with Crippen LogP contribution in [0.3, 0.4) is 0 Å². The SMILES string of the molecule is CC(=O)O.COc1ccccc1CN=C(N)Nc1cccc(-c2ccccc2)n1. The molecule has 2 aromatic carbocycles. The van der Waals surface area contributed by atoms with Gasteiger partial charge < -0.3 is 20.9 Å². The lowest BCUT2D eigenvalue weighted by atomic mass is 10.1. The van der Waals surface area contributed by atoms with Gasteiger partial charge in [0.2, 0.25) is 0 Å². The zero-order chi connectivity index (χ0) is 21.1. The normalized spacial score (nSPS) is 10.5. The highest BCUT2D eigenvalue weighted by Gasteiger charge is 2.03. The van der Waals surface area contributed by atoms with Gasteiger partial charge in [0.25, 0.3) is 5.97 Å². The van der Waals surface area contributed by atoms with Crippen LogP contribution in [0.15, 0.2) is 77.8 Å². The first kappa shape index (κ1) is 21.4. The van der Waals surface area contributed by atoms with Crippen LogP contribution in [0.1, 0.15) is 12.5 Å². The topological polar surface area (TPSA) is 110 Å². The number of rotatable bonds is 5. The lowest BCUT2D eigenvalue weighted by Gasteiger charge is -2.08. The van der Waals surface area contributed by atoms with Crippen LogP contribution in [-0.2, 0) is 11.3 Å². The molecule has 0 fully saturated rings. The number of aliphatic imine (C=N–C) groups is 1. The highest BCUT2D eigenvalue weighted by atomic mass is 16.5. The van der Waals surface area contributed by atoms with Gasteiger partial charge in [-0.05, 0) is 18.2 Å². The predicted molar refractivity (Wildman–Crippen MR) is 115 cm³/mol. The van der Waals surface area contributed by atoms with Crippen LogP contribution in [-0.4, -0.2) is 29.1 Å². The van der Waals surface area contributed by atoms with Gasteiger partial charge in [0, 0.05) is 18.1 Å². The molecular weight excluding hydrogens is 368 g/mol. The number of hydrogen-bond donors (Lipinski definition) is 3. The third kappa shape index (κ3) is 7.34. The van der Waals surface area contributed by atoms with Crippen molar-refractivity contribution in [1.82, 2.24) is 4.98 Å². The Bertz CT molecular complexity index is 955. The van der Waals surface area contributed by atoms with Gasteiger partial charge in [-0.3, -0.25) is 4.79 Å². The summed E-state index contributed by atoms with van der Waals surface area (Å²) in [6.45, 7) is 1.52. The van der Waals surface area contributed by atoms with Gasteiger partial charge in [0.05, 0.1) is 19.3 Å². The monoisotopic (exact) mass is 392 g/mol. The quantitative estimate of drug-likeness (QED) is 0.450. The zero-order valence-corrected chi connectivity index (χ0v) is 16.4. The third-order valence-corrected chi connectivity index (χ3v) is 3.69. The van der Waals surface area contributed by atoms with E-state index in [0.29, 0.717) is 18.3 Å². The van der Waals surface area contributed by atoms with E-state index < -0.39 is 5.97 Å². The number of carboxylic acids is 1. The number of methoxy groups -OCH3 is 1. The van der Waals surface area contributed by atoms with E-state index in [2.05, 4.69) is 15.3 Å². The van der Waals surface area contributed by atoms with E-state index in [1.165, 1.54) is 0 Å². The summed E-state index contributed by atoms with van der Waals surface area (Å²) >= 11 is 0. The minimum atomic E-state index is -0.833. The van der Waals surface area contributed by atoms with Crippen molar-refractivity contribution >= 4 is 17.7 Å². The average molecular weight is 392 g/mol. The molecule has 29 heavy (non-hydrogen) atoms. The van der Waals surface area contributed by atoms with Gasteiger partial charge in [-0.25, -0.2) is 9.98 Å². The van der Waals surface area contributed by atoms with Crippen molar-refractivity contribution in [3.05, 3.63) is 78.4 Å². The van der Waals surface area contributed by atoms with Gasteiger partial charge >= 0.3 is 0 Å². The molecule has 0 saturated heterocycles. The van der Waals surface area contributed by atoms with Crippen LogP contribution in [0.2, 0.25) is 0 Å². The second-order valence-corrected chi connectivity index (χ2v) is 5.93. The molecule has 0 amide bonds. The average Bonchev–Trinajstić information content (AvgIpc) is 2.73. The first-order chi connectivity index (χ1) is 14.0. The number of aromatic nitrogens is 1. The summed E-state index contributed by atoms with van der Waals surface area (Å²) in [5, 5.41) is 10.5. The molecule has 7 heteroatoms. The van der Waals surface area contributed by atoms with Gasteiger partial charge in [-0.15, -0.1) is 0 Å². The standard InChI is InChI=1S/C20H20N4O.C2H4O2/c1-25-18-12-6-5-10-16(18)14-22-20(21)24-19-13-7-11-17(23-19)15-8-3-2-4-9-15;1-2(3)4/h2-13H,14H2,1H3,(H3,21,22,23,24);1H3,(H,3,4). The van der Waals surface area contributed by atoms with E-state index in [4.69, 9.17) is 20.4 Å². The van der Waals surface area contributed by atoms with Crippen LogP contribution in [0.25, 0.3) is 11.3 Å². The molecule has 0 aliphatic heterocycles. The molecule has 3 rings (SSSR count). The Hall–Kier alpha value is -3.87. The summed E-state index contributed by atoms with van der Waals surface area (Å²) < 4.78 is 5.32. The van der Waals surface area contributed by atoms with Gasteiger partial charge in [0.1, 0.15) is 11.6 Å². The van der Waals surface area contributed by atoms with Crippen molar-refractivity contribution in [2.75, 3.05) is 12.4 Å². The fourth-order valence-corrected chi connectivity index (χ4v) is 2.45. The molecule has 1 heterocycles. The minimum Gasteiger partial charge on any atom is -0.496 e. The Morgan fingerprint density at radius 3 is 2.41 bits per heavy atom. The van der Waals surface area contributed by atoms with Crippen molar-refractivity contribution in [3.8, 4) is 17.0 Å². The van der Waals surface area contributed by atoms with Crippen molar-refractivity contribution < 1.29 is 14.6 Å². The molecule has 7 nitrogen and oxygen atoms in total. The molecule has 0 atom stereocenters. The first-order valence-corrected chi connectivity index (χ1v) is 8.90. The zero-order valence-electron chi connectivity index (χ0n) is 16.4. The number of nitrogens with zero attached hydrogens (tertiary/aromatic N) is 2. The van der Waals surface area contributed by atoms with Crippen molar-refractivity contribution in [2.24, 2.45) is 10.7 Å². The number of anilines is 1. The second kappa shape index (κ2) is 11.1. The molecule has 0 unspecified atom stereocenters. The minimum absolute atomic E-state index is 0.309. The van der Waals surface area contributed by atoms with E-state index in [-0.39, 0.29) is 0 Å². The van der Waals surface area contributed by atoms with E-state index in [1.54, 1.807) is 7.11 Å².